The van der Waals surface area contributed by atoms with Gasteiger partial charge in [-0.15, -0.1) is 0 Å². The average molecular weight is 358 g/mol. The number of carbonyl (C=O) groups is 3. The van der Waals surface area contributed by atoms with Crippen LogP contribution in [0.4, 0.5) is 0 Å². The van der Waals surface area contributed by atoms with Gasteiger partial charge in [-0.3, -0.25) is 9.59 Å². The van der Waals surface area contributed by atoms with Crippen molar-refractivity contribution in [2.45, 2.75) is 6.42 Å². The predicted octanol–water partition coefficient (Wildman–Crippen LogP) is 2.43. The van der Waals surface area contributed by atoms with E-state index < -0.39 is 5.97 Å². The summed E-state index contributed by atoms with van der Waals surface area (Å²) in [6, 6.07) is 7.85. The number of carboxylic acids is 1. The van der Waals surface area contributed by atoms with Gasteiger partial charge in [0.05, 0.1) is 11.1 Å². The van der Waals surface area contributed by atoms with Crippen molar-refractivity contribution in [3.05, 3.63) is 57.8 Å². The van der Waals surface area contributed by atoms with Crippen LogP contribution in [0.3, 0.4) is 0 Å². The first-order chi connectivity index (χ1) is 12.1. The zero-order valence-corrected chi connectivity index (χ0v) is 14.4. The van der Waals surface area contributed by atoms with Crippen LogP contribution in [0.5, 0.6) is 0 Å². The minimum atomic E-state index is -1.06. The Hall–Kier alpha value is -2.67. The van der Waals surface area contributed by atoms with Gasteiger partial charge in [0.2, 0.25) is 0 Å². The van der Waals surface area contributed by atoms with Crippen LogP contribution >= 0.6 is 11.3 Å². The van der Waals surface area contributed by atoms with Crippen LogP contribution in [0.15, 0.2) is 41.1 Å². The van der Waals surface area contributed by atoms with E-state index in [1.165, 1.54) is 23.5 Å². The molecule has 0 bridgehead atoms. The molecule has 0 saturated carbocycles. The second-order valence-corrected chi connectivity index (χ2v) is 6.62. The minimum Gasteiger partial charge on any atom is -0.478 e. The van der Waals surface area contributed by atoms with Gasteiger partial charge in [0.25, 0.3) is 11.8 Å². The SMILES string of the molecule is O=C(O)c1cccc(C(=O)N2CCCN(C(=O)c3ccsc3)CC2)c1. The van der Waals surface area contributed by atoms with Crippen LogP contribution < -0.4 is 0 Å². The van der Waals surface area contributed by atoms with Gasteiger partial charge in [0.15, 0.2) is 0 Å². The van der Waals surface area contributed by atoms with Crippen LogP contribution in [0.2, 0.25) is 0 Å². The first kappa shape index (κ1) is 17.2. The molecule has 0 unspecified atom stereocenters. The predicted molar refractivity (Wildman–Crippen MR) is 94.1 cm³/mol. The number of benzene rings is 1. The van der Waals surface area contributed by atoms with Gasteiger partial charge >= 0.3 is 5.97 Å². The third-order valence-corrected chi connectivity index (χ3v) is 4.88. The molecule has 25 heavy (non-hydrogen) atoms. The van der Waals surface area contributed by atoms with E-state index >= 15 is 0 Å². The maximum atomic E-state index is 12.7. The molecule has 1 aliphatic heterocycles. The van der Waals surface area contributed by atoms with E-state index in [2.05, 4.69) is 0 Å². The van der Waals surface area contributed by atoms with E-state index in [-0.39, 0.29) is 17.4 Å². The fourth-order valence-electron chi connectivity index (χ4n) is 2.86. The summed E-state index contributed by atoms with van der Waals surface area (Å²) in [6.07, 6.45) is 0.695. The summed E-state index contributed by atoms with van der Waals surface area (Å²) in [4.78, 5) is 39.6. The molecule has 3 rings (SSSR count). The zero-order chi connectivity index (χ0) is 17.8. The first-order valence-corrected chi connectivity index (χ1v) is 8.94. The Balaban J connectivity index is 1.68. The molecular formula is C18H18N2O4S. The maximum Gasteiger partial charge on any atom is 0.335 e. The molecule has 6 nitrogen and oxygen atoms in total. The lowest BCUT2D eigenvalue weighted by Crippen LogP contribution is -2.37. The summed E-state index contributed by atoms with van der Waals surface area (Å²) in [7, 11) is 0. The van der Waals surface area contributed by atoms with E-state index in [9.17, 15) is 14.4 Å². The summed E-state index contributed by atoms with van der Waals surface area (Å²) in [5.74, 6) is -1.27. The molecule has 1 aromatic carbocycles. The standard InChI is InChI=1S/C18H18N2O4S/c21-16(13-3-1-4-14(11-13)18(23)24)19-6-2-7-20(9-8-19)17(22)15-5-10-25-12-15/h1,3-5,10-12H,2,6-9H2,(H,23,24). The smallest absolute Gasteiger partial charge is 0.335 e. The molecule has 7 heteroatoms. The Morgan fingerprint density at radius 2 is 1.52 bits per heavy atom. The highest BCUT2D eigenvalue weighted by atomic mass is 32.1. The third kappa shape index (κ3) is 3.88. The molecule has 0 aliphatic carbocycles. The van der Waals surface area contributed by atoms with Crippen LogP contribution in [0.1, 0.15) is 37.5 Å². The Morgan fingerprint density at radius 3 is 2.12 bits per heavy atom. The lowest BCUT2D eigenvalue weighted by atomic mass is 10.1. The number of carboxylic acid groups (broad SMARTS) is 1. The molecule has 1 saturated heterocycles. The van der Waals surface area contributed by atoms with Crippen LogP contribution in [-0.2, 0) is 0 Å². The molecule has 1 fully saturated rings. The van der Waals surface area contributed by atoms with Gasteiger partial charge in [-0.1, -0.05) is 6.07 Å². The Bertz CT molecular complexity index is 788. The molecule has 2 aromatic rings. The van der Waals surface area contributed by atoms with Crippen molar-refractivity contribution in [1.82, 2.24) is 9.80 Å². The van der Waals surface area contributed by atoms with E-state index in [4.69, 9.17) is 5.11 Å². The van der Waals surface area contributed by atoms with Gasteiger partial charge in [0, 0.05) is 37.1 Å². The Morgan fingerprint density at radius 1 is 0.880 bits per heavy atom. The lowest BCUT2D eigenvalue weighted by Gasteiger charge is -2.22. The average Bonchev–Trinajstić information content (AvgIpc) is 3.05. The number of hydrogen-bond acceptors (Lipinski definition) is 4. The van der Waals surface area contributed by atoms with Crippen LogP contribution in [0.25, 0.3) is 0 Å². The van der Waals surface area contributed by atoms with E-state index in [0.717, 1.165) is 0 Å². The fraction of sp³-hybridized carbons (Fsp3) is 0.278. The molecule has 0 atom stereocenters. The lowest BCUT2D eigenvalue weighted by molar-refractivity contribution is 0.0694. The van der Waals surface area contributed by atoms with Gasteiger partial charge in [-0.05, 0) is 36.1 Å². The third-order valence-electron chi connectivity index (χ3n) is 4.19. The second kappa shape index (κ2) is 7.48. The summed E-state index contributed by atoms with van der Waals surface area (Å²) in [5.41, 5.74) is 1.13. The Labute approximate surface area is 149 Å². The molecule has 1 aliphatic rings. The molecule has 2 amide bonds. The number of amides is 2. The van der Waals surface area contributed by atoms with Crippen molar-refractivity contribution >= 4 is 29.1 Å². The van der Waals surface area contributed by atoms with Crippen molar-refractivity contribution in [2.75, 3.05) is 26.2 Å². The van der Waals surface area contributed by atoms with Crippen molar-refractivity contribution in [3.8, 4) is 0 Å². The fourth-order valence-corrected chi connectivity index (χ4v) is 3.49. The van der Waals surface area contributed by atoms with Crippen molar-refractivity contribution in [2.24, 2.45) is 0 Å². The summed E-state index contributed by atoms with van der Waals surface area (Å²) < 4.78 is 0. The van der Waals surface area contributed by atoms with E-state index in [0.29, 0.717) is 43.7 Å². The normalized spacial score (nSPS) is 14.9. The van der Waals surface area contributed by atoms with Gasteiger partial charge < -0.3 is 14.9 Å². The first-order valence-electron chi connectivity index (χ1n) is 8.00. The molecular weight excluding hydrogens is 340 g/mol. The number of hydrogen-bond donors (Lipinski definition) is 1. The topological polar surface area (TPSA) is 77.9 Å². The second-order valence-electron chi connectivity index (χ2n) is 5.84. The number of aromatic carboxylic acids is 1. The molecule has 0 radical (unpaired) electrons. The quantitative estimate of drug-likeness (QED) is 0.914. The van der Waals surface area contributed by atoms with Crippen LogP contribution in [0, 0.1) is 0 Å². The van der Waals surface area contributed by atoms with Crippen molar-refractivity contribution < 1.29 is 19.5 Å². The number of nitrogens with zero attached hydrogens (tertiary/aromatic N) is 2. The van der Waals surface area contributed by atoms with Crippen LogP contribution in [-0.4, -0.2) is 58.9 Å². The highest BCUT2D eigenvalue weighted by Crippen LogP contribution is 2.14. The monoisotopic (exact) mass is 358 g/mol. The van der Waals surface area contributed by atoms with Gasteiger partial charge in [0.1, 0.15) is 0 Å². The molecule has 0 spiro atoms. The van der Waals surface area contributed by atoms with Crippen molar-refractivity contribution in [3.63, 3.8) is 0 Å². The maximum absolute atomic E-state index is 12.7. The highest BCUT2D eigenvalue weighted by Gasteiger charge is 2.24. The number of rotatable bonds is 3. The number of thiophene rings is 1. The van der Waals surface area contributed by atoms with Gasteiger partial charge in [-0.2, -0.15) is 11.3 Å². The minimum absolute atomic E-state index is 0.0107. The number of carbonyl (C=O) groups excluding carboxylic acids is 2. The summed E-state index contributed by atoms with van der Waals surface area (Å²) in [5, 5.41) is 12.8. The summed E-state index contributed by atoms with van der Waals surface area (Å²) >= 11 is 1.48. The van der Waals surface area contributed by atoms with Crippen molar-refractivity contribution in [1.29, 1.82) is 0 Å². The highest BCUT2D eigenvalue weighted by molar-refractivity contribution is 7.08. The largest absolute Gasteiger partial charge is 0.478 e. The zero-order valence-electron chi connectivity index (χ0n) is 13.6. The van der Waals surface area contributed by atoms with E-state index in [1.807, 2.05) is 10.8 Å². The molecule has 1 aromatic heterocycles. The molecule has 2 heterocycles. The summed E-state index contributed by atoms with van der Waals surface area (Å²) in [6.45, 7) is 2.06. The Kier molecular flexibility index (Phi) is 5.14. The van der Waals surface area contributed by atoms with Gasteiger partial charge in [-0.25, -0.2) is 4.79 Å². The molecule has 1 N–H and O–H groups in total. The van der Waals surface area contributed by atoms with E-state index in [1.54, 1.807) is 28.0 Å². The molecule has 130 valence electrons.